The van der Waals surface area contributed by atoms with Gasteiger partial charge in [-0.15, -0.1) is 0 Å². The molecule has 24 heavy (non-hydrogen) atoms. The van der Waals surface area contributed by atoms with Gasteiger partial charge in [-0.3, -0.25) is 5.32 Å². The summed E-state index contributed by atoms with van der Waals surface area (Å²) in [5.74, 6) is 3.44. The van der Waals surface area contributed by atoms with Crippen LogP contribution >= 0.6 is 0 Å². The summed E-state index contributed by atoms with van der Waals surface area (Å²) in [5.41, 5.74) is 0.711. The second kappa shape index (κ2) is 5.38. The molecule has 4 aliphatic rings. The van der Waals surface area contributed by atoms with E-state index in [1.807, 2.05) is 31.2 Å². The van der Waals surface area contributed by atoms with Gasteiger partial charge in [0.15, 0.2) is 0 Å². The molecule has 1 N–H and O–H groups in total. The Morgan fingerprint density at radius 1 is 1.29 bits per heavy atom. The molecule has 1 amide bonds. The maximum absolute atomic E-state index is 12.3. The number of anilines is 1. The van der Waals surface area contributed by atoms with Crippen LogP contribution in [0.3, 0.4) is 0 Å². The van der Waals surface area contributed by atoms with E-state index in [2.05, 4.69) is 5.32 Å². The number of rotatable bonds is 4. The molecule has 5 rings (SSSR count). The van der Waals surface area contributed by atoms with Crippen molar-refractivity contribution in [3.05, 3.63) is 24.3 Å². The number of benzene rings is 1. The van der Waals surface area contributed by atoms with Crippen molar-refractivity contribution in [2.75, 3.05) is 11.9 Å². The minimum atomic E-state index is -0.350. The number of nitrogens with one attached hydrogen (secondary N) is 1. The molecule has 128 valence electrons. The standard InChI is InChI=1S/C19H23NO4/c1-2-22-12-5-3-4-11(8-12)20-19(21)24-15-7-10-6-13(15)14-9-16-18(23-16)17(10)14/h3-5,8,10,13-18H,2,6-7,9H2,1H3,(H,20,21)/t10-,13-,14-,15+,16-,17-,18+/m1/s1. The van der Waals surface area contributed by atoms with Gasteiger partial charge in [-0.2, -0.15) is 0 Å². The fraction of sp³-hybridized carbons (Fsp3) is 0.632. The SMILES string of the molecule is CCOc1cccc(NC(=O)O[C@H]2C[C@H]3C[C@@H]2[C@H]2C[C@H]4O[C@@H]4[C@H]32)c1. The number of carbonyl (C=O) groups is 1. The van der Waals surface area contributed by atoms with Crippen LogP contribution < -0.4 is 10.1 Å². The van der Waals surface area contributed by atoms with Gasteiger partial charge in [0.05, 0.1) is 18.8 Å². The maximum atomic E-state index is 12.3. The zero-order valence-electron chi connectivity index (χ0n) is 13.8. The van der Waals surface area contributed by atoms with Gasteiger partial charge < -0.3 is 14.2 Å². The number of amides is 1. The molecule has 1 aromatic carbocycles. The van der Waals surface area contributed by atoms with Crippen LogP contribution in [-0.4, -0.2) is 31.0 Å². The van der Waals surface area contributed by atoms with Crippen LogP contribution in [0.4, 0.5) is 10.5 Å². The first kappa shape index (κ1) is 14.6. The third kappa shape index (κ3) is 2.29. The van der Waals surface area contributed by atoms with Crippen LogP contribution in [0.25, 0.3) is 0 Å². The molecule has 3 saturated carbocycles. The van der Waals surface area contributed by atoms with Crippen molar-refractivity contribution in [2.45, 2.75) is 44.5 Å². The molecular formula is C19H23NO4. The van der Waals surface area contributed by atoms with E-state index in [4.69, 9.17) is 14.2 Å². The highest BCUT2D eigenvalue weighted by Crippen LogP contribution is 2.64. The van der Waals surface area contributed by atoms with Gasteiger partial charge in [0.1, 0.15) is 11.9 Å². The number of epoxide rings is 1. The van der Waals surface area contributed by atoms with E-state index < -0.39 is 0 Å². The van der Waals surface area contributed by atoms with E-state index >= 15 is 0 Å². The Labute approximate surface area is 141 Å². The lowest BCUT2D eigenvalue weighted by Crippen LogP contribution is -2.35. The van der Waals surface area contributed by atoms with Crippen LogP contribution in [0.2, 0.25) is 0 Å². The van der Waals surface area contributed by atoms with Crippen molar-refractivity contribution in [2.24, 2.45) is 23.7 Å². The van der Waals surface area contributed by atoms with E-state index in [9.17, 15) is 4.79 Å². The number of hydrogen-bond donors (Lipinski definition) is 1. The molecule has 5 heteroatoms. The average Bonchev–Trinajstić information content (AvgIpc) is 2.92. The Bertz CT molecular complexity index is 663. The van der Waals surface area contributed by atoms with Crippen LogP contribution in [0.1, 0.15) is 26.2 Å². The smallest absolute Gasteiger partial charge is 0.411 e. The second-order valence-electron chi connectivity index (χ2n) is 7.54. The monoisotopic (exact) mass is 329 g/mol. The molecule has 5 nitrogen and oxygen atoms in total. The lowest BCUT2D eigenvalue weighted by molar-refractivity contribution is 0.0251. The topological polar surface area (TPSA) is 60.1 Å². The van der Waals surface area contributed by atoms with Crippen LogP contribution in [0.15, 0.2) is 24.3 Å². The summed E-state index contributed by atoms with van der Waals surface area (Å²) >= 11 is 0. The van der Waals surface area contributed by atoms with Crippen LogP contribution in [0.5, 0.6) is 5.75 Å². The number of ether oxygens (including phenoxy) is 3. The van der Waals surface area contributed by atoms with E-state index in [1.165, 1.54) is 12.8 Å². The maximum Gasteiger partial charge on any atom is 0.411 e. The molecule has 4 fully saturated rings. The van der Waals surface area contributed by atoms with Gasteiger partial charge in [-0.1, -0.05) is 6.07 Å². The van der Waals surface area contributed by atoms with E-state index in [1.54, 1.807) is 0 Å². The predicted octanol–water partition coefficient (Wildman–Crippen LogP) is 3.45. The fourth-order valence-electron chi connectivity index (χ4n) is 5.52. The van der Waals surface area contributed by atoms with Gasteiger partial charge >= 0.3 is 6.09 Å². The Morgan fingerprint density at radius 2 is 2.21 bits per heavy atom. The van der Waals surface area contributed by atoms with Crippen LogP contribution in [-0.2, 0) is 9.47 Å². The summed E-state index contributed by atoms with van der Waals surface area (Å²) < 4.78 is 16.9. The van der Waals surface area contributed by atoms with Crippen molar-refractivity contribution >= 4 is 11.8 Å². The molecule has 7 atom stereocenters. The largest absolute Gasteiger partial charge is 0.494 e. The van der Waals surface area contributed by atoms with Crippen molar-refractivity contribution in [1.82, 2.24) is 0 Å². The molecule has 0 radical (unpaired) electrons. The summed E-state index contributed by atoms with van der Waals surface area (Å²) in [4.78, 5) is 12.3. The number of fused-ring (bicyclic) bond motifs is 7. The zero-order valence-corrected chi connectivity index (χ0v) is 13.8. The average molecular weight is 329 g/mol. The molecule has 0 spiro atoms. The van der Waals surface area contributed by atoms with Gasteiger partial charge in [0.2, 0.25) is 0 Å². The Hall–Kier alpha value is -1.75. The van der Waals surface area contributed by atoms with Gasteiger partial charge in [-0.25, -0.2) is 4.79 Å². The fourth-order valence-corrected chi connectivity index (χ4v) is 5.52. The molecule has 1 saturated heterocycles. The first-order chi connectivity index (χ1) is 11.7. The number of hydrogen-bond acceptors (Lipinski definition) is 4. The van der Waals surface area contributed by atoms with Gasteiger partial charge in [0, 0.05) is 11.8 Å². The lowest BCUT2D eigenvalue weighted by Gasteiger charge is -2.32. The lowest BCUT2D eigenvalue weighted by atomic mass is 9.79. The van der Waals surface area contributed by atoms with E-state index in [-0.39, 0.29) is 12.2 Å². The molecule has 0 unspecified atom stereocenters. The van der Waals surface area contributed by atoms with E-state index in [0.29, 0.717) is 42.3 Å². The molecular weight excluding hydrogens is 306 g/mol. The summed E-state index contributed by atoms with van der Waals surface area (Å²) in [6, 6.07) is 7.42. The molecule has 2 bridgehead atoms. The van der Waals surface area contributed by atoms with Crippen molar-refractivity contribution in [3.8, 4) is 5.75 Å². The molecule has 1 aliphatic heterocycles. The zero-order chi connectivity index (χ0) is 16.3. The summed E-state index contributed by atoms with van der Waals surface area (Å²) in [5, 5.41) is 2.84. The minimum Gasteiger partial charge on any atom is -0.494 e. The first-order valence-corrected chi connectivity index (χ1v) is 9.09. The Morgan fingerprint density at radius 3 is 3.08 bits per heavy atom. The highest BCUT2D eigenvalue weighted by Gasteiger charge is 2.67. The quantitative estimate of drug-likeness (QED) is 0.860. The second-order valence-corrected chi connectivity index (χ2v) is 7.54. The normalized spacial score (nSPS) is 40.8. The molecule has 1 aromatic rings. The van der Waals surface area contributed by atoms with Crippen molar-refractivity contribution in [3.63, 3.8) is 0 Å². The van der Waals surface area contributed by atoms with Crippen LogP contribution in [0, 0.1) is 23.7 Å². The number of carbonyl (C=O) groups excluding carboxylic acids is 1. The highest BCUT2D eigenvalue weighted by molar-refractivity contribution is 5.85. The summed E-state index contributed by atoms with van der Waals surface area (Å²) in [6.45, 7) is 2.54. The van der Waals surface area contributed by atoms with Gasteiger partial charge in [-0.05, 0) is 62.0 Å². The van der Waals surface area contributed by atoms with E-state index in [0.717, 1.165) is 18.1 Å². The molecule has 1 heterocycles. The Kier molecular flexibility index (Phi) is 3.27. The highest BCUT2D eigenvalue weighted by atomic mass is 16.6. The summed E-state index contributed by atoms with van der Waals surface area (Å²) in [6.07, 6.45) is 4.15. The van der Waals surface area contributed by atoms with Crippen molar-refractivity contribution < 1.29 is 19.0 Å². The Balaban J connectivity index is 1.20. The molecule has 0 aromatic heterocycles. The third-order valence-corrected chi connectivity index (χ3v) is 6.33. The van der Waals surface area contributed by atoms with Gasteiger partial charge in [0.25, 0.3) is 0 Å². The van der Waals surface area contributed by atoms with Crippen molar-refractivity contribution in [1.29, 1.82) is 0 Å². The molecule has 3 aliphatic carbocycles. The first-order valence-electron chi connectivity index (χ1n) is 9.09. The third-order valence-electron chi connectivity index (χ3n) is 6.33. The summed E-state index contributed by atoms with van der Waals surface area (Å²) in [7, 11) is 0. The minimum absolute atomic E-state index is 0.0730. The predicted molar refractivity (Wildman–Crippen MR) is 88.0 cm³/mol.